The van der Waals surface area contributed by atoms with Crippen molar-refractivity contribution in [3.05, 3.63) is 35.9 Å². The maximum Gasteiger partial charge on any atom is 0.223 e. The fourth-order valence-electron chi connectivity index (χ4n) is 4.86. The molecular weight excluding hydrogens is 314 g/mol. The van der Waals surface area contributed by atoms with Crippen LogP contribution in [0.15, 0.2) is 30.3 Å². The number of methoxy groups -OCH3 is 1. The minimum atomic E-state index is 0.211. The molecule has 0 bridgehead atoms. The molecule has 4 nitrogen and oxygen atoms in total. The van der Waals surface area contributed by atoms with Gasteiger partial charge in [0.2, 0.25) is 5.91 Å². The van der Waals surface area contributed by atoms with Crippen molar-refractivity contribution in [3.63, 3.8) is 0 Å². The molecule has 0 radical (unpaired) electrons. The average molecular weight is 343 g/mol. The second kappa shape index (κ2) is 7.46. The maximum atomic E-state index is 12.9. The van der Waals surface area contributed by atoms with Gasteiger partial charge in [-0.05, 0) is 49.5 Å². The van der Waals surface area contributed by atoms with Gasteiger partial charge in [0, 0.05) is 20.1 Å². The minimum absolute atomic E-state index is 0.211. The summed E-state index contributed by atoms with van der Waals surface area (Å²) in [4.78, 5) is 15.0. The van der Waals surface area contributed by atoms with Crippen LogP contribution in [-0.2, 0) is 14.3 Å². The topological polar surface area (TPSA) is 38.8 Å². The zero-order valence-corrected chi connectivity index (χ0v) is 15.1. The molecule has 3 atom stereocenters. The van der Waals surface area contributed by atoms with Crippen LogP contribution in [0.2, 0.25) is 0 Å². The largest absolute Gasteiger partial charge is 0.381 e. The second-order valence-corrected chi connectivity index (χ2v) is 7.88. The van der Waals surface area contributed by atoms with E-state index in [1.54, 1.807) is 7.11 Å². The van der Waals surface area contributed by atoms with E-state index in [2.05, 4.69) is 35.2 Å². The lowest BCUT2D eigenvalue weighted by Crippen LogP contribution is -2.57. The minimum Gasteiger partial charge on any atom is -0.381 e. The summed E-state index contributed by atoms with van der Waals surface area (Å²) in [5.74, 6) is 1.51. The highest BCUT2D eigenvalue weighted by Gasteiger charge is 2.41. The highest BCUT2D eigenvalue weighted by molar-refractivity contribution is 5.77. The molecule has 0 N–H and O–H groups in total. The first-order valence-corrected chi connectivity index (χ1v) is 9.73. The van der Waals surface area contributed by atoms with Gasteiger partial charge in [-0.25, -0.2) is 0 Å². The van der Waals surface area contributed by atoms with Gasteiger partial charge < -0.3 is 14.4 Å². The van der Waals surface area contributed by atoms with E-state index in [0.717, 1.165) is 38.6 Å². The van der Waals surface area contributed by atoms with Crippen molar-refractivity contribution < 1.29 is 14.3 Å². The standard InChI is InChI=1S/C21H29NO3/c1-24-18-7-8-20-19(14-18)22(9-10-25-20)21(23)13-15-11-17(12-15)16-5-3-2-4-6-16/h2-6,15,17-20H,7-14H2,1H3. The first-order chi connectivity index (χ1) is 12.2. The van der Waals surface area contributed by atoms with Crippen LogP contribution in [0.3, 0.4) is 0 Å². The predicted molar refractivity (Wildman–Crippen MR) is 96.4 cm³/mol. The Labute approximate surface area is 150 Å². The van der Waals surface area contributed by atoms with Crippen molar-refractivity contribution in [2.24, 2.45) is 5.92 Å². The molecule has 1 aromatic carbocycles. The summed E-state index contributed by atoms with van der Waals surface area (Å²) in [5, 5.41) is 0. The Balaban J connectivity index is 1.32. The summed E-state index contributed by atoms with van der Waals surface area (Å²) in [6, 6.07) is 10.9. The number of hydrogen-bond donors (Lipinski definition) is 0. The maximum absolute atomic E-state index is 12.9. The molecule has 1 saturated heterocycles. The van der Waals surface area contributed by atoms with Crippen LogP contribution >= 0.6 is 0 Å². The number of morpholine rings is 1. The van der Waals surface area contributed by atoms with Gasteiger partial charge in [0.05, 0.1) is 24.9 Å². The fraction of sp³-hybridized carbons (Fsp3) is 0.667. The Bertz CT molecular complexity index is 584. The smallest absolute Gasteiger partial charge is 0.223 e. The number of amides is 1. The first-order valence-electron chi connectivity index (χ1n) is 9.73. The third-order valence-corrected chi connectivity index (χ3v) is 6.39. The molecule has 4 heteroatoms. The Kier molecular flexibility index (Phi) is 5.09. The fourth-order valence-corrected chi connectivity index (χ4v) is 4.86. The molecule has 136 valence electrons. The molecule has 1 amide bonds. The van der Waals surface area contributed by atoms with E-state index in [9.17, 15) is 4.79 Å². The molecule has 1 aliphatic heterocycles. The SMILES string of the molecule is COC1CCC2OCCN(C(=O)CC3CC(c4ccccc4)C3)C2C1. The van der Waals surface area contributed by atoms with Gasteiger partial charge in [0.25, 0.3) is 0 Å². The van der Waals surface area contributed by atoms with Crippen molar-refractivity contribution >= 4 is 5.91 Å². The Morgan fingerprint density at radius 2 is 2.00 bits per heavy atom. The molecule has 0 aromatic heterocycles. The van der Waals surface area contributed by atoms with E-state index in [0.29, 0.717) is 30.8 Å². The van der Waals surface area contributed by atoms with Gasteiger partial charge in [-0.1, -0.05) is 30.3 Å². The molecule has 1 aromatic rings. The number of carbonyl (C=O) groups excluding carboxylic acids is 1. The molecule has 4 rings (SSSR count). The van der Waals surface area contributed by atoms with Gasteiger partial charge in [-0.3, -0.25) is 4.79 Å². The van der Waals surface area contributed by atoms with Crippen LogP contribution in [0.1, 0.15) is 50.0 Å². The van der Waals surface area contributed by atoms with Crippen LogP contribution in [-0.4, -0.2) is 49.3 Å². The summed E-state index contributed by atoms with van der Waals surface area (Å²) in [6.07, 6.45) is 6.44. The molecule has 3 fully saturated rings. The Hall–Kier alpha value is -1.39. The highest BCUT2D eigenvalue weighted by atomic mass is 16.5. The highest BCUT2D eigenvalue weighted by Crippen LogP contribution is 2.43. The van der Waals surface area contributed by atoms with Crippen LogP contribution in [0.4, 0.5) is 0 Å². The summed E-state index contributed by atoms with van der Waals surface area (Å²) >= 11 is 0. The molecule has 3 aliphatic rings. The number of fused-ring (bicyclic) bond motifs is 1. The van der Waals surface area contributed by atoms with Gasteiger partial charge in [0.1, 0.15) is 0 Å². The number of nitrogens with zero attached hydrogens (tertiary/aromatic N) is 1. The van der Waals surface area contributed by atoms with E-state index in [4.69, 9.17) is 9.47 Å². The van der Waals surface area contributed by atoms with Crippen LogP contribution in [0, 0.1) is 5.92 Å². The molecule has 2 aliphatic carbocycles. The number of ether oxygens (including phenoxy) is 2. The number of rotatable bonds is 4. The second-order valence-electron chi connectivity index (χ2n) is 7.88. The molecular formula is C21H29NO3. The predicted octanol–water partition coefficient (Wildman–Crippen LogP) is 3.37. The lowest BCUT2D eigenvalue weighted by Gasteiger charge is -2.46. The Morgan fingerprint density at radius 3 is 2.76 bits per heavy atom. The van der Waals surface area contributed by atoms with Gasteiger partial charge in [0.15, 0.2) is 0 Å². The van der Waals surface area contributed by atoms with Crippen molar-refractivity contribution in [1.29, 1.82) is 0 Å². The van der Waals surface area contributed by atoms with E-state index in [1.165, 1.54) is 5.56 Å². The van der Waals surface area contributed by atoms with E-state index < -0.39 is 0 Å². The van der Waals surface area contributed by atoms with E-state index in [1.807, 2.05) is 0 Å². The third kappa shape index (κ3) is 3.61. The third-order valence-electron chi connectivity index (χ3n) is 6.39. The first kappa shape index (κ1) is 17.0. The van der Waals surface area contributed by atoms with Gasteiger partial charge in [-0.2, -0.15) is 0 Å². The summed E-state index contributed by atoms with van der Waals surface area (Å²) < 4.78 is 11.5. The monoisotopic (exact) mass is 343 g/mol. The number of benzene rings is 1. The summed E-state index contributed by atoms with van der Waals surface area (Å²) in [7, 11) is 1.78. The molecule has 2 saturated carbocycles. The van der Waals surface area contributed by atoms with Crippen LogP contribution in [0.25, 0.3) is 0 Å². The molecule has 1 heterocycles. The molecule has 25 heavy (non-hydrogen) atoms. The molecule has 3 unspecified atom stereocenters. The van der Waals surface area contributed by atoms with Crippen molar-refractivity contribution in [1.82, 2.24) is 4.90 Å². The lowest BCUT2D eigenvalue weighted by atomic mass is 9.70. The van der Waals surface area contributed by atoms with E-state index in [-0.39, 0.29) is 18.2 Å². The quantitative estimate of drug-likeness (QED) is 0.841. The lowest BCUT2D eigenvalue weighted by molar-refractivity contribution is -0.156. The van der Waals surface area contributed by atoms with Gasteiger partial charge in [-0.15, -0.1) is 0 Å². The summed E-state index contributed by atoms with van der Waals surface area (Å²) in [6.45, 7) is 1.42. The molecule has 0 spiro atoms. The zero-order chi connectivity index (χ0) is 17.2. The van der Waals surface area contributed by atoms with Crippen molar-refractivity contribution in [3.8, 4) is 0 Å². The zero-order valence-electron chi connectivity index (χ0n) is 15.1. The Morgan fingerprint density at radius 1 is 1.20 bits per heavy atom. The number of hydrogen-bond acceptors (Lipinski definition) is 3. The van der Waals surface area contributed by atoms with Crippen molar-refractivity contribution in [2.75, 3.05) is 20.3 Å². The number of carbonyl (C=O) groups is 1. The van der Waals surface area contributed by atoms with Crippen LogP contribution < -0.4 is 0 Å². The van der Waals surface area contributed by atoms with E-state index >= 15 is 0 Å². The van der Waals surface area contributed by atoms with Crippen molar-refractivity contribution in [2.45, 2.75) is 62.7 Å². The average Bonchev–Trinajstić information content (AvgIpc) is 2.63. The van der Waals surface area contributed by atoms with Gasteiger partial charge >= 0.3 is 0 Å². The summed E-state index contributed by atoms with van der Waals surface area (Å²) in [5.41, 5.74) is 1.42. The normalized spacial score (nSPS) is 34.9. The van der Waals surface area contributed by atoms with Crippen LogP contribution in [0.5, 0.6) is 0 Å².